The molecule has 2 radical (unpaired) electrons. The van der Waals surface area contributed by atoms with Crippen molar-refractivity contribution in [1.29, 1.82) is 5.41 Å². The Morgan fingerprint density at radius 2 is 1.73 bits per heavy atom. The molecule has 0 amide bonds. The average molecular weight is 239 g/mol. The third kappa shape index (κ3) is 3.57. The van der Waals surface area contributed by atoms with Crippen molar-refractivity contribution in [1.82, 2.24) is 0 Å². The monoisotopic (exact) mass is 239 g/mol. The van der Waals surface area contributed by atoms with E-state index in [1.54, 1.807) is 24.3 Å². The number of phenols is 1. The zero-order valence-corrected chi connectivity index (χ0v) is 7.58. The molecule has 4 heteroatoms. The number of benzene rings is 1. The Labute approximate surface area is 85.9 Å². The van der Waals surface area contributed by atoms with Gasteiger partial charge in [0.05, 0.1) is 0 Å². The number of nitrogens with one attached hydrogen (secondary N) is 1. The van der Waals surface area contributed by atoms with E-state index in [-0.39, 0.29) is 39.3 Å². The van der Waals surface area contributed by atoms with E-state index >= 15 is 0 Å². The second kappa shape index (κ2) is 6.42. The molecule has 1 rings (SSSR count). The number of hydrogen-bond acceptors (Lipinski definition) is 2. The number of hydrogen-bond donors (Lipinski definition) is 2. The maximum Gasteiger partial charge on any atom is 0.124 e. The smallest absolute Gasteiger partial charge is 0.124 e. The molecule has 0 aliphatic rings. The summed E-state index contributed by atoms with van der Waals surface area (Å²) in [7, 11) is 0. The van der Waals surface area contributed by atoms with Gasteiger partial charge in [-0.1, -0.05) is 12.1 Å². The van der Waals surface area contributed by atoms with E-state index in [9.17, 15) is 0 Å². The van der Waals surface area contributed by atoms with E-state index < -0.39 is 0 Å². The zero-order valence-electron chi connectivity index (χ0n) is 5.50. The van der Waals surface area contributed by atoms with Gasteiger partial charge in [0.2, 0.25) is 0 Å². The second-order valence-corrected chi connectivity index (χ2v) is 1.70. The summed E-state index contributed by atoms with van der Waals surface area (Å²) in [6.07, 6.45) is 1.12. The van der Waals surface area contributed by atoms with Gasteiger partial charge in [-0.3, -0.25) is 0 Å². The van der Waals surface area contributed by atoms with Gasteiger partial charge in [0.1, 0.15) is 5.75 Å². The van der Waals surface area contributed by atoms with Crippen LogP contribution >= 0.6 is 0 Å². The van der Waals surface area contributed by atoms with Gasteiger partial charge in [-0.25, -0.2) is 0 Å². The average Bonchev–Trinajstić information content (AvgIpc) is 1.89. The second-order valence-electron chi connectivity index (χ2n) is 1.70. The van der Waals surface area contributed by atoms with Crippen LogP contribution in [0.4, 0.5) is 0 Å². The molecule has 1 aromatic rings. The molecule has 0 bridgehead atoms. The van der Waals surface area contributed by atoms with Crippen molar-refractivity contribution in [2.75, 3.05) is 0 Å². The minimum atomic E-state index is 0. The molecule has 0 atom stereocenters. The molecule has 0 aliphatic carbocycles. The van der Waals surface area contributed by atoms with E-state index in [1.807, 2.05) is 0 Å². The van der Waals surface area contributed by atoms with Crippen LogP contribution in [0.2, 0.25) is 0 Å². The van der Waals surface area contributed by atoms with Gasteiger partial charge in [-0.2, -0.15) is 0 Å². The number of phenolic OH excluding ortho intramolecular Hbond substituents is 1. The zero-order chi connectivity index (χ0) is 6.69. The van der Waals surface area contributed by atoms with Crippen molar-refractivity contribution in [2.45, 2.75) is 0 Å². The summed E-state index contributed by atoms with van der Waals surface area (Å²) in [6.45, 7) is 0. The normalized spacial score (nSPS) is 7.27. The van der Waals surface area contributed by atoms with E-state index in [4.69, 9.17) is 10.5 Å². The topological polar surface area (TPSA) is 44.1 Å². The summed E-state index contributed by atoms with van der Waals surface area (Å²) in [5.74, 6) is 0.160. The van der Waals surface area contributed by atoms with Gasteiger partial charge >= 0.3 is 0 Å². The van der Waals surface area contributed by atoms with E-state index in [0.717, 1.165) is 6.21 Å². The van der Waals surface area contributed by atoms with Gasteiger partial charge in [0.15, 0.2) is 0 Å². The first kappa shape index (κ1) is 13.3. The maximum absolute atomic E-state index is 8.96. The van der Waals surface area contributed by atoms with Crippen LogP contribution in [0.15, 0.2) is 24.3 Å². The van der Waals surface area contributed by atoms with Crippen LogP contribution in [0.5, 0.6) is 5.75 Å². The Hall–Kier alpha value is -0.297. The molecule has 2 N–H and O–H groups in total. The molecule has 0 heterocycles. The van der Waals surface area contributed by atoms with E-state index in [0.29, 0.717) is 5.56 Å². The van der Waals surface area contributed by atoms with Gasteiger partial charge in [0, 0.05) is 45.3 Å². The molecule has 0 saturated heterocycles. The Balaban J connectivity index is 0. The van der Waals surface area contributed by atoms with Crippen molar-refractivity contribution in [3.8, 4) is 5.75 Å². The molecule has 11 heavy (non-hydrogen) atoms. The molecule has 0 spiro atoms. The van der Waals surface area contributed by atoms with Crippen molar-refractivity contribution < 1.29 is 38.7 Å². The summed E-state index contributed by atoms with van der Waals surface area (Å²) in [5, 5.41) is 15.8. The molecule has 64 valence electrons. The summed E-state index contributed by atoms with van der Waals surface area (Å²) < 4.78 is 0. The van der Waals surface area contributed by atoms with Gasteiger partial charge in [-0.15, -0.1) is 0 Å². The van der Waals surface area contributed by atoms with Gasteiger partial charge < -0.3 is 10.5 Å². The Morgan fingerprint density at radius 1 is 1.18 bits per heavy atom. The van der Waals surface area contributed by atoms with Crippen LogP contribution in [-0.4, -0.2) is 11.3 Å². The predicted molar refractivity (Wildman–Crippen MR) is 36.0 cm³/mol. The van der Waals surface area contributed by atoms with Crippen LogP contribution in [0.25, 0.3) is 0 Å². The van der Waals surface area contributed by atoms with Crippen molar-refractivity contribution in [2.24, 2.45) is 0 Å². The first-order valence-corrected chi connectivity index (χ1v) is 2.63. The van der Waals surface area contributed by atoms with E-state index in [1.165, 1.54) is 0 Å². The quantitative estimate of drug-likeness (QED) is 0.714. The van der Waals surface area contributed by atoms with Crippen LogP contribution < -0.4 is 0 Å². The van der Waals surface area contributed by atoms with Crippen molar-refractivity contribution in [3.05, 3.63) is 29.8 Å². The molecular weight excluding hydrogens is 232 g/mol. The van der Waals surface area contributed by atoms with Crippen LogP contribution in [0.1, 0.15) is 5.56 Å². The van der Waals surface area contributed by atoms with E-state index in [2.05, 4.69) is 0 Å². The third-order valence-electron chi connectivity index (χ3n) is 1.09. The summed E-state index contributed by atoms with van der Waals surface area (Å²) >= 11 is 0. The van der Waals surface area contributed by atoms with Gasteiger partial charge in [0.25, 0.3) is 0 Å². The molecule has 0 aromatic heterocycles. The first-order valence-electron chi connectivity index (χ1n) is 2.63. The molecular formula is C7H7Co2NO. The summed E-state index contributed by atoms with van der Waals surface area (Å²) in [5.41, 5.74) is 0.553. The number of aromatic hydroxyl groups is 1. The van der Waals surface area contributed by atoms with Crippen LogP contribution in [0.3, 0.4) is 0 Å². The largest absolute Gasteiger partial charge is 0.507 e. The minimum Gasteiger partial charge on any atom is -0.507 e. The fourth-order valence-electron chi connectivity index (χ4n) is 0.610. The molecule has 0 saturated carbocycles. The van der Waals surface area contributed by atoms with Crippen molar-refractivity contribution in [3.63, 3.8) is 0 Å². The molecule has 2 nitrogen and oxygen atoms in total. The fourth-order valence-corrected chi connectivity index (χ4v) is 0.610. The molecule has 1 aromatic carbocycles. The molecule has 0 aliphatic heterocycles. The summed E-state index contributed by atoms with van der Waals surface area (Å²) in [4.78, 5) is 0. The maximum atomic E-state index is 8.96. The molecule has 0 unspecified atom stereocenters. The Morgan fingerprint density at radius 3 is 2.09 bits per heavy atom. The number of para-hydroxylation sites is 1. The fraction of sp³-hybridized carbons (Fsp3) is 0. The SMILES string of the molecule is N=Cc1ccccc1O.[Co].[Co]. The van der Waals surface area contributed by atoms with Crippen LogP contribution in [-0.2, 0) is 33.6 Å². The molecule has 0 fully saturated rings. The minimum absolute atomic E-state index is 0. The van der Waals surface area contributed by atoms with Gasteiger partial charge in [-0.05, 0) is 12.1 Å². The first-order chi connectivity index (χ1) is 4.34. The van der Waals surface area contributed by atoms with Crippen LogP contribution in [0, 0.1) is 5.41 Å². The summed E-state index contributed by atoms with van der Waals surface area (Å²) in [6, 6.07) is 6.74. The Kier molecular flexibility index (Phi) is 7.76. The predicted octanol–water partition coefficient (Wildman–Crippen LogP) is 1.38. The number of rotatable bonds is 1. The third-order valence-corrected chi connectivity index (χ3v) is 1.09. The van der Waals surface area contributed by atoms with Crippen molar-refractivity contribution >= 4 is 6.21 Å². The standard InChI is InChI=1S/C7H7NO.2Co/c8-5-6-3-1-2-4-7(6)9;;/h1-5,8-9H;;. The Bertz CT molecular complexity index is 227.